The predicted molar refractivity (Wildman–Crippen MR) is 63.2 cm³/mol. The number of nitrogens with zero attached hydrogens (tertiary/aromatic N) is 2. The number of likely N-dealkylation sites (tertiary alicyclic amines) is 1. The van der Waals surface area contributed by atoms with E-state index >= 15 is 0 Å². The average molecular weight is 214 g/mol. The van der Waals surface area contributed by atoms with Gasteiger partial charge in [-0.1, -0.05) is 6.92 Å². The Kier molecular flexibility index (Phi) is 3.83. The lowest BCUT2D eigenvalue weighted by Crippen LogP contribution is -2.44. The SMILES string of the molecule is C[C@@H]1CN(C)[C@H](C)C/C1=N/NC(N)=S. The third-order valence-corrected chi connectivity index (χ3v) is 2.79. The van der Waals surface area contributed by atoms with Gasteiger partial charge in [0, 0.05) is 30.6 Å². The van der Waals surface area contributed by atoms with E-state index in [2.05, 4.69) is 36.3 Å². The lowest BCUT2D eigenvalue weighted by Gasteiger charge is -2.34. The van der Waals surface area contributed by atoms with Crippen molar-refractivity contribution >= 4 is 23.0 Å². The van der Waals surface area contributed by atoms with Crippen molar-refractivity contribution in [3.63, 3.8) is 0 Å². The molecule has 1 heterocycles. The van der Waals surface area contributed by atoms with Crippen LogP contribution in [0.4, 0.5) is 0 Å². The van der Waals surface area contributed by atoms with Crippen LogP contribution in [0.2, 0.25) is 0 Å². The van der Waals surface area contributed by atoms with Crippen molar-refractivity contribution in [1.29, 1.82) is 0 Å². The van der Waals surface area contributed by atoms with Crippen LogP contribution in [0.5, 0.6) is 0 Å². The van der Waals surface area contributed by atoms with Crippen LogP contribution >= 0.6 is 12.2 Å². The average Bonchev–Trinajstić information content (AvgIpc) is 2.09. The molecule has 0 radical (unpaired) electrons. The fourth-order valence-electron chi connectivity index (χ4n) is 1.66. The normalized spacial score (nSPS) is 31.8. The molecule has 1 fully saturated rings. The topological polar surface area (TPSA) is 53.6 Å². The molecular formula is C9H18N4S. The van der Waals surface area contributed by atoms with Crippen LogP contribution in [0, 0.1) is 5.92 Å². The second-order valence-corrected chi connectivity index (χ2v) is 4.41. The van der Waals surface area contributed by atoms with Crippen molar-refractivity contribution in [1.82, 2.24) is 10.3 Å². The fraction of sp³-hybridized carbons (Fsp3) is 0.778. The van der Waals surface area contributed by atoms with Gasteiger partial charge < -0.3 is 10.6 Å². The van der Waals surface area contributed by atoms with Crippen LogP contribution in [0.15, 0.2) is 5.10 Å². The molecule has 0 amide bonds. The molecule has 0 bridgehead atoms. The van der Waals surface area contributed by atoms with Gasteiger partial charge in [0.05, 0.1) is 0 Å². The second-order valence-electron chi connectivity index (χ2n) is 3.97. The molecule has 80 valence electrons. The van der Waals surface area contributed by atoms with Crippen LogP contribution in [0.25, 0.3) is 0 Å². The summed E-state index contributed by atoms with van der Waals surface area (Å²) in [7, 11) is 2.14. The molecule has 1 rings (SSSR count). The number of nitrogens with one attached hydrogen (secondary N) is 1. The monoisotopic (exact) mass is 214 g/mol. The molecular weight excluding hydrogens is 196 g/mol. The second kappa shape index (κ2) is 4.70. The van der Waals surface area contributed by atoms with E-state index in [4.69, 9.17) is 18.0 Å². The van der Waals surface area contributed by atoms with Crippen molar-refractivity contribution in [3.8, 4) is 0 Å². The zero-order chi connectivity index (χ0) is 10.7. The summed E-state index contributed by atoms with van der Waals surface area (Å²) in [5.41, 5.74) is 9.14. The van der Waals surface area contributed by atoms with Gasteiger partial charge in [-0.3, -0.25) is 5.43 Å². The molecule has 3 N–H and O–H groups in total. The van der Waals surface area contributed by atoms with Crippen molar-refractivity contribution in [2.45, 2.75) is 26.3 Å². The highest BCUT2D eigenvalue weighted by Gasteiger charge is 2.25. The molecule has 0 unspecified atom stereocenters. The molecule has 1 saturated heterocycles. The van der Waals surface area contributed by atoms with Crippen molar-refractivity contribution < 1.29 is 0 Å². The van der Waals surface area contributed by atoms with Crippen LogP contribution in [-0.2, 0) is 0 Å². The Bertz CT molecular complexity index is 251. The summed E-state index contributed by atoms with van der Waals surface area (Å²) in [6, 6.07) is 0.540. The number of hydrazone groups is 1. The Hall–Kier alpha value is -0.680. The van der Waals surface area contributed by atoms with Gasteiger partial charge in [-0.2, -0.15) is 5.10 Å². The van der Waals surface area contributed by atoms with Crippen molar-refractivity contribution in [3.05, 3.63) is 0 Å². The summed E-state index contributed by atoms with van der Waals surface area (Å²) in [4.78, 5) is 2.34. The van der Waals surface area contributed by atoms with Gasteiger partial charge in [0.15, 0.2) is 5.11 Å². The van der Waals surface area contributed by atoms with E-state index in [9.17, 15) is 0 Å². The quantitative estimate of drug-likeness (QED) is 0.494. The lowest BCUT2D eigenvalue weighted by molar-refractivity contribution is 0.225. The summed E-state index contributed by atoms with van der Waals surface area (Å²) in [6.45, 7) is 5.41. The molecule has 0 aromatic rings. The van der Waals surface area contributed by atoms with E-state index in [0.717, 1.165) is 18.7 Å². The van der Waals surface area contributed by atoms with E-state index < -0.39 is 0 Å². The zero-order valence-electron chi connectivity index (χ0n) is 8.95. The largest absolute Gasteiger partial charge is 0.375 e. The first kappa shape index (κ1) is 11.4. The maximum atomic E-state index is 5.32. The number of piperidine rings is 1. The molecule has 0 aromatic heterocycles. The van der Waals surface area contributed by atoms with E-state index in [1.165, 1.54) is 0 Å². The minimum atomic E-state index is 0.233. The summed E-state index contributed by atoms with van der Waals surface area (Å²) in [5, 5.41) is 4.46. The number of hydrogen-bond donors (Lipinski definition) is 2. The van der Waals surface area contributed by atoms with Gasteiger partial charge in [0.2, 0.25) is 0 Å². The Labute approximate surface area is 90.5 Å². The van der Waals surface area contributed by atoms with Gasteiger partial charge in [-0.05, 0) is 26.2 Å². The summed E-state index contributed by atoms with van der Waals surface area (Å²) < 4.78 is 0. The van der Waals surface area contributed by atoms with E-state index in [1.54, 1.807) is 0 Å². The fourth-order valence-corrected chi connectivity index (χ4v) is 1.71. The Morgan fingerprint density at radius 2 is 2.29 bits per heavy atom. The third-order valence-electron chi connectivity index (χ3n) is 2.70. The van der Waals surface area contributed by atoms with Gasteiger partial charge in [-0.15, -0.1) is 0 Å². The Morgan fingerprint density at radius 3 is 2.86 bits per heavy atom. The summed E-state index contributed by atoms with van der Waals surface area (Å²) in [6.07, 6.45) is 0.979. The molecule has 0 aliphatic carbocycles. The molecule has 1 aliphatic heterocycles. The highest BCUT2D eigenvalue weighted by atomic mass is 32.1. The molecule has 0 aromatic carbocycles. The molecule has 5 heteroatoms. The van der Waals surface area contributed by atoms with E-state index in [0.29, 0.717) is 12.0 Å². The van der Waals surface area contributed by atoms with Crippen LogP contribution in [0.1, 0.15) is 20.3 Å². The first-order valence-corrected chi connectivity index (χ1v) is 5.23. The Morgan fingerprint density at radius 1 is 1.64 bits per heavy atom. The van der Waals surface area contributed by atoms with E-state index in [-0.39, 0.29) is 5.11 Å². The summed E-state index contributed by atoms with van der Waals surface area (Å²) >= 11 is 4.70. The minimum Gasteiger partial charge on any atom is -0.375 e. The molecule has 1 aliphatic rings. The van der Waals surface area contributed by atoms with Crippen LogP contribution < -0.4 is 11.2 Å². The van der Waals surface area contributed by atoms with Crippen LogP contribution in [0.3, 0.4) is 0 Å². The highest BCUT2D eigenvalue weighted by Crippen LogP contribution is 2.17. The number of nitrogens with two attached hydrogens (primary N) is 1. The van der Waals surface area contributed by atoms with Gasteiger partial charge >= 0.3 is 0 Å². The summed E-state index contributed by atoms with van der Waals surface area (Å²) in [5.74, 6) is 0.470. The highest BCUT2D eigenvalue weighted by molar-refractivity contribution is 7.80. The first-order chi connectivity index (χ1) is 6.50. The number of hydrogen-bond acceptors (Lipinski definition) is 3. The number of rotatable bonds is 1. The predicted octanol–water partition coefficient (Wildman–Crippen LogP) is 0.536. The maximum absolute atomic E-state index is 5.32. The van der Waals surface area contributed by atoms with E-state index in [1.807, 2.05) is 0 Å². The standard InChI is InChI=1S/C9H18N4S/c1-6-5-13(3)7(2)4-8(6)11-12-9(10)14/h6-7H,4-5H2,1-3H3,(H3,10,12,14)/b11-8-/t6-,7-/m1/s1. The zero-order valence-corrected chi connectivity index (χ0v) is 9.77. The molecule has 0 spiro atoms. The maximum Gasteiger partial charge on any atom is 0.184 e. The number of thiocarbonyl (C=S) groups is 1. The van der Waals surface area contributed by atoms with Gasteiger partial charge in [-0.25, -0.2) is 0 Å². The molecule has 0 saturated carbocycles. The van der Waals surface area contributed by atoms with Gasteiger partial charge in [0.25, 0.3) is 0 Å². The van der Waals surface area contributed by atoms with Crippen molar-refractivity contribution in [2.75, 3.05) is 13.6 Å². The van der Waals surface area contributed by atoms with Crippen molar-refractivity contribution in [2.24, 2.45) is 16.8 Å². The Balaban J connectivity index is 2.60. The lowest BCUT2D eigenvalue weighted by atomic mass is 9.93. The third kappa shape index (κ3) is 2.92. The minimum absolute atomic E-state index is 0.233. The molecule has 2 atom stereocenters. The molecule has 4 nitrogen and oxygen atoms in total. The molecule has 14 heavy (non-hydrogen) atoms. The van der Waals surface area contributed by atoms with Crippen LogP contribution in [-0.4, -0.2) is 35.4 Å². The smallest absolute Gasteiger partial charge is 0.184 e. The van der Waals surface area contributed by atoms with Gasteiger partial charge in [0.1, 0.15) is 0 Å². The first-order valence-electron chi connectivity index (χ1n) is 4.83.